The molecule has 0 unspecified atom stereocenters. The summed E-state index contributed by atoms with van der Waals surface area (Å²) in [5.41, 5.74) is 2.66. The number of ketones is 2. The fraction of sp³-hybridized carbons (Fsp3) is 0.500. The third kappa shape index (κ3) is 5.22. The van der Waals surface area contributed by atoms with E-state index in [0.29, 0.717) is 61.5 Å². The van der Waals surface area contributed by atoms with Gasteiger partial charge in [0.25, 0.3) is 0 Å². The van der Waals surface area contributed by atoms with E-state index in [2.05, 4.69) is 6.58 Å². The van der Waals surface area contributed by atoms with Crippen LogP contribution >= 0.6 is 0 Å². The quantitative estimate of drug-likeness (QED) is 0.470. The van der Waals surface area contributed by atoms with Gasteiger partial charge in [0.1, 0.15) is 13.2 Å². The Morgan fingerprint density at radius 2 is 1.57 bits per heavy atom. The Morgan fingerprint density at radius 3 is 2.05 bits per heavy atom. The highest BCUT2D eigenvalue weighted by Crippen LogP contribution is 2.54. The lowest BCUT2D eigenvalue weighted by atomic mass is 9.63. The van der Waals surface area contributed by atoms with E-state index in [1.165, 1.54) is 0 Å². The van der Waals surface area contributed by atoms with Gasteiger partial charge in [-0.3, -0.25) is 14.4 Å². The molecule has 0 aromatic heterocycles. The molecule has 7 heteroatoms. The molecule has 198 valence electrons. The highest BCUT2D eigenvalue weighted by atomic mass is 16.5. The Morgan fingerprint density at radius 1 is 1.00 bits per heavy atom. The predicted octanol–water partition coefficient (Wildman–Crippen LogP) is 5.42. The lowest BCUT2D eigenvalue weighted by molar-refractivity contribution is -0.138. The maximum Gasteiger partial charge on any atom is 0.323 e. The van der Waals surface area contributed by atoms with Crippen LogP contribution in [0.2, 0.25) is 0 Å². The van der Waals surface area contributed by atoms with Crippen LogP contribution in [0.15, 0.2) is 53.4 Å². The standard InChI is InChI=1S/C30H37NO6/c1-7-11-37-23-10-9-18(12-24(23)36-8-2)26-27-19(13-29(3,4)15-21(27)32)31(17-25(34)35)20-14-30(5,6)16-22(33)28(20)26/h7,9-10,12,26H,1,8,11,13-17H2,2-6H3,(H,34,35). The van der Waals surface area contributed by atoms with Crippen LogP contribution < -0.4 is 9.47 Å². The molecule has 7 nitrogen and oxygen atoms in total. The number of carboxylic acids is 1. The molecule has 0 bridgehead atoms. The Balaban J connectivity index is 1.97. The van der Waals surface area contributed by atoms with Crippen molar-refractivity contribution in [2.24, 2.45) is 10.8 Å². The van der Waals surface area contributed by atoms with Gasteiger partial charge >= 0.3 is 5.97 Å². The summed E-state index contributed by atoms with van der Waals surface area (Å²) >= 11 is 0. The van der Waals surface area contributed by atoms with Gasteiger partial charge in [-0.25, -0.2) is 0 Å². The van der Waals surface area contributed by atoms with Crippen molar-refractivity contribution in [3.8, 4) is 11.5 Å². The van der Waals surface area contributed by atoms with Gasteiger partial charge in [0.2, 0.25) is 0 Å². The first kappa shape index (κ1) is 26.7. The summed E-state index contributed by atoms with van der Waals surface area (Å²) in [6, 6.07) is 5.55. The third-order valence-corrected chi connectivity index (χ3v) is 7.27. The molecule has 0 spiro atoms. The number of carbonyl (C=O) groups is 3. The highest BCUT2D eigenvalue weighted by molar-refractivity contribution is 6.07. The summed E-state index contributed by atoms with van der Waals surface area (Å²) in [6.07, 6.45) is 3.44. The Kier molecular flexibility index (Phi) is 7.10. The van der Waals surface area contributed by atoms with Crippen molar-refractivity contribution in [3.05, 3.63) is 59.0 Å². The van der Waals surface area contributed by atoms with Gasteiger partial charge in [-0.15, -0.1) is 0 Å². The first-order valence-electron chi connectivity index (χ1n) is 12.9. The van der Waals surface area contributed by atoms with Crippen molar-refractivity contribution < 1.29 is 29.0 Å². The van der Waals surface area contributed by atoms with Gasteiger partial charge in [0, 0.05) is 41.3 Å². The van der Waals surface area contributed by atoms with Gasteiger partial charge < -0.3 is 19.5 Å². The summed E-state index contributed by atoms with van der Waals surface area (Å²) in [5.74, 6) is -0.557. The van der Waals surface area contributed by atoms with Crippen LogP contribution in [0, 0.1) is 10.8 Å². The number of benzene rings is 1. The molecule has 0 saturated carbocycles. The maximum absolute atomic E-state index is 13.8. The summed E-state index contributed by atoms with van der Waals surface area (Å²) in [6.45, 7) is 14.2. The molecule has 0 atom stereocenters. The average Bonchev–Trinajstić information content (AvgIpc) is 2.77. The van der Waals surface area contributed by atoms with Crippen molar-refractivity contribution in [1.82, 2.24) is 4.90 Å². The molecule has 0 fully saturated rings. The van der Waals surface area contributed by atoms with E-state index in [1.54, 1.807) is 11.0 Å². The van der Waals surface area contributed by atoms with E-state index in [-0.39, 0.29) is 28.9 Å². The second-order valence-electron chi connectivity index (χ2n) is 11.8. The SMILES string of the molecule is C=CCOc1ccc(C2C3=C(CC(C)(C)CC3=O)N(CC(=O)O)C3=C2C(=O)CC(C)(C)C3)cc1OCC. The number of aliphatic carboxylic acids is 1. The van der Waals surface area contributed by atoms with Gasteiger partial charge in [-0.2, -0.15) is 0 Å². The maximum atomic E-state index is 13.8. The first-order chi connectivity index (χ1) is 17.4. The molecule has 4 rings (SSSR count). The fourth-order valence-electron chi connectivity index (χ4n) is 5.95. The molecule has 3 aliphatic rings. The normalized spacial score (nSPS) is 20.9. The number of carbonyl (C=O) groups excluding carboxylic acids is 2. The monoisotopic (exact) mass is 507 g/mol. The smallest absolute Gasteiger partial charge is 0.323 e. The molecule has 0 saturated heterocycles. The third-order valence-electron chi connectivity index (χ3n) is 7.27. The number of Topliss-reactive ketones (excluding diaryl/α,β-unsaturated/α-hetero) is 2. The van der Waals surface area contributed by atoms with Crippen molar-refractivity contribution in [3.63, 3.8) is 0 Å². The lowest BCUT2D eigenvalue weighted by Crippen LogP contribution is -2.45. The minimum atomic E-state index is -0.994. The molecule has 1 aromatic rings. The van der Waals surface area contributed by atoms with Crippen LogP contribution in [0.1, 0.15) is 71.8 Å². The zero-order valence-electron chi connectivity index (χ0n) is 22.5. The van der Waals surface area contributed by atoms with Crippen molar-refractivity contribution in [1.29, 1.82) is 0 Å². The molecular formula is C30H37NO6. The van der Waals surface area contributed by atoms with E-state index in [4.69, 9.17) is 9.47 Å². The summed E-state index contributed by atoms with van der Waals surface area (Å²) in [5, 5.41) is 9.82. The average molecular weight is 508 g/mol. The van der Waals surface area contributed by atoms with Crippen LogP contribution in [0.25, 0.3) is 0 Å². The van der Waals surface area contributed by atoms with Crippen LogP contribution in [-0.4, -0.2) is 47.3 Å². The molecule has 1 N–H and O–H groups in total. The molecule has 2 aliphatic carbocycles. The molecule has 37 heavy (non-hydrogen) atoms. The second kappa shape index (κ2) is 9.84. The van der Waals surface area contributed by atoms with Gasteiger partial charge in [0.15, 0.2) is 23.1 Å². The number of rotatable bonds is 8. The molecular weight excluding hydrogens is 470 g/mol. The van der Waals surface area contributed by atoms with Crippen LogP contribution in [0.5, 0.6) is 11.5 Å². The number of hydrogen-bond donors (Lipinski definition) is 1. The summed E-state index contributed by atoms with van der Waals surface area (Å²) in [4.78, 5) is 41.3. The minimum absolute atomic E-state index is 0.0410. The van der Waals surface area contributed by atoms with Crippen LogP contribution in [-0.2, 0) is 14.4 Å². The first-order valence-corrected chi connectivity index (χ1v) is 12.9. The Labute approximate surface area is 218 Å². The number of carboxylic acid groups (broad SMARTS) is 1. The van der Waals surface area contributed by atoms with Gasteiger partial charge in [0.05, 0.1) is 6.61 Å². The summed E-state index contributed by atoms with van der Waals surface area (Å²) in [7, 11) is 0. The van der Waals surface area contributed by atoms with Crippen LogP contribution in [0.4, 0.5) is 0 Å². The zero-order chi connectivity index (χ0) is 27.1. The molecule has 1 heterocycles. The van der Waals surface area contributed by atoms with E-state index >= 15 is 0 Å². The number of nitrogens with zero attached hydrogens (tertiary/aromatic N) is 1. The number of allylic oxidation sites excluding steroid dienone is 4. The number of hydrogen-bond acceptors (Lipinski definition) is 6. The molecule has 1 aromatic carbocycles. The predicted molar refractivity (Wildman–Crippen MR) is 140 cm³/mol. The Hall–Kier alpha value is -3.35. The van der Waals surface area contributed by atoms with E-state index in [0.717, 1.165) is 17.0 Å². The summed E-state index contributed by atoms with van der Waals surface area (Å²) < 4.78 is 11.7. The van der Waals surface area contributed by atoms with Crippen LogP contribution in [0.3, 0.4) is 0 Å². The molecule has 0 amide bonds. The zero-order valence-corrected chi connectivity index (χ0v) is 22.5. The molecule has 1 aliphatic heterocycles. The van der Waals surface area contributed by atoms with E-state index < -0.39 is 11.9 Å². The van der Waals surface area contributed by atoms with Crippen molar-refractivity contribution in [2.75, 3.05) is 19.8 Å². The topological polar surface area (TPSA) is 93.1 Å². The second-order valence-corrected chi connectivity index (χ2v) is 11.8. The van der Waals surface area contributed by atoms with Crippen molar-refractivity contribution >= 4 is 17.5 Å². The van der Waals surface area contributed by atoms with Gasteiger partial charge in [-0.1, -0.05) is 46.4 Å². The highest BCUT2D eigenvalue weighted by Gasteiger charge is 2.49. The van der Waals surface area contributed by atoms with Crippen molar-refractivity contribution in [2.45, 2.75) is 66.2 Å². The van der Waals surface area contributed by atoms with Gasteiger partial charge in [-0.05, 0) is 48.3 Å². The van der Waals surface area contributed by atoms with E-state index in [9.17, 15) is 19.5 Å². The Bertz CT molecular complexity index is 1160. The van der Waals surface area contributed by atoms with E-state index in [1.807, 2.05) is 52.8 Å². The minimum Gasteiger partial charge on any atom is -0.490 e. The number of ether oxygens (including phenoxy) is 2. The molecule has 0 radical (unpaired) electrons. The largest absolute Gasteiger partial charge is 0.490 e. The lowest BCUT2D eigenvalue weighted by Gasteiger charge is -2.48. The fourth-order valence-corrected chi connectivity index (χ4v) is 5.95.